The van der Waals surface area contributed by atoms with Crippen molar-refractivity contribution >= 4 is 11.6 Å². The predicted molar refractivity (Wildman–Crippen MR) is 208 cm³/mol. The van der Waals surface area contributed by atoms with Gasteiger partial charge in [0.2, 0.25) is 0 Å². The SMILES string of the molecule is CCCCc1cc(/C=C/C2=CC(=C(\C)C#N)/C=C(C)C2)c(-c2ccc(C(/C=C(/CC)C(C)C)=C/C=C(C)C)cc2)c(CCCC)c1C. The van der Waals surface area contributed by atoms with E-state index in [-0.39, 0.29) is 0 Å². The Morgan fingerprint density at radius 1 is 0.894 bits per heavy atom. The number of allylic oxidation sites excluding steroid dienone is 13. The third-order valence-electron chi connectivity index (χ3n) is 9.33. The van der Waals surface area contributed by atoms with Gasteiger partial charge in [-0.15, -0.1) is 0 Å². The third-order valence-corrected chi connectivity index (χ3v) is 9.33. The molecule has 2 aromatic carbocycles. The van der Waals surface area contributed by atoms with E-state index in [9.17, 15) is 5.26 Å². The largest absolute Gasteiger partial charge is 0.193 e. The lowest BCUT2D eigenvalue weighted by Crippen LogP contribution is -2.03. The molecular weight excluding hydrogens is 567 g/mol. The summed E-state index contributed by atoms with van der Waals surface area (Å²) in [4.78, 5) is 0. The molecule has 1 aliphatic carbocycles. The fourth-order valence-electron chi connectivity index (χ4n) is 6.39. The highest BCUT2D eigenvalue weighted by molar-refractivity contribution is 5.83. The Morgan fingerprint density at radius 3 is 2.17 bits per heavy atom. The van der Waals surface area contributed by atoms with Gasteiger partial charge in [-0.2, -0.15) is 5.26 Å². The van der Waals surface area contributed by atoms with Crippen LogP contribution in [0.25, 0.3) is 22.8 Å². The van der Waals surface area contributed by atoms with E-state index in [2.05, 4.69) is 141 Å². The zero-order chi connectivity index (χ0) is 34.5. The monoisotopic (exact) mass is 625 g/mol. The van der Waals surface area contributed by atoms with Gasteiger partial charge in [0.15, 0.2) is 0 Å². The van der Waals surface area contributed by atoms with Crippen LogP contribution in [-0.4, -0.2) is 0 Å². The van der Waals surface area contributed by atoms with E-state index in [1.807, 2.05) is 6.92 Å². The number of hydrogen-bond donors (Lipinski definition) is 0. The van der Waals surface area contributed by atoms with Crippen LogP contribution in [0.4, 0.5) is 0 Å². The summed E-state index contributed by atoms with van der Waals surface area (Å²) in [5.74, 6) is 0.521. The van der Waals surface area contributed by atoms with Gasteiger partial charge in [0, 0.05) is 5.57 Å². The molecule has 1 heteroatoms. The first-order valence-corrected chi connectivity index (χ1v) is 18.0. The van der Waals surface area contributed by atoms with Crippen molar-refractivity contribution in [3.05, 3.63) is 128 Å². The zero-order valence-corrected chi connectivity index (χ0v) is 31.1. The van der Waals surface area contributed by atoms with Crippen LogP contribution in [0.15, 0.2) is 100 Å². The van der Waals surface area contributed by atoms with Crippen molar-refractivity contribution in [3.63, 3.8) is 0 Å². The lowest BCUT2D eigenvalue weighted by Gasteiger charge is -2.21. The second kappa shape index (κ2) is 18.4. The summed E-state index contributed by atoms with van der Waals surface area (Å²) >= 11 is 0. The fraction of sp³-hybridized carbons (Fsp3) is 0.413. The van der Waals surface area contributed by atoms with Gasteiger partial charge >= 0.3 is 0 Å². The molecule has 0 saturated carbocycles. The third kappa shape index (κ3) is 10.6. The molecule has 0 unspecified atom stereocenters. The molecule has 47 heavy (non-hydrogen) atoms. The first kappa shape index (κ1) is 37.6. The lowest BCUT2D eigenvalue weighted by atomic mass is 9.83. The first-order valence-electron chi connectivity index (χ1n) is 18.0. The summed E-state index contributed by atoms with van der Waals surface area (Å²) in [6, 6.07) is 14.1. The molecule has 0 atom stereocenters. The van der Waals surface area contributed by atoms with Gasteiger partial charge in [-0.3, -0.25) is 0 Å². The molecule has 3 rings (SSSR count). The molecule has 0 spiro atoms. The van der Waals surface area contributed by atoms with Gasteiger partial charge in [0.05, 0.1) is 6.07 Å². The maximum atomic E-state index is 9.55. The predicted octanol–water partition coefficient (Wildman–Crippen LogP) is 13.8. The molecule has 0 saturated heterocycles. The minimum atomic E-state index is 0.521. The summed E-state index contributed by atoms with van der Waals surface area (Å²) in [6.07, 6.45) is 24.8. The van der Waals surface area contributed by atoms with Crippen molar-refractivity contribution in [3.8, 4) is 17.2 Å². The van der Waals surface area contributed by atoms with E-state index in [0.717, 1.165) is 36.8 Å². The van der Waals surface area contributed by atoms with Gasteiger partial charge in [-0.1, -0.05) is 137 Å². The van der Waals surface area contributed by atoms with Crippen LogP contribution >= 0.6 is 0 Å². The van der Waals surface area contributed by atoms with Crippen LogP contribution in [-0.2, 0) is 12.8 Å². The molecule has 0 N–H and O–H groups in total. The van der Waals surface area contributed by atoms with Crippen molar-refractivity contribution in [2.75, 3.05) is 0 Å². The standard InChI is InChI=1S/C46H59N/c1-11-14-16-41-30-43(21-19-37-26-34(8)27-44(28-37)35(9)31-47)46(45(36(41)10)17-15-12-2)40-24-22-39(23-25-40)42(20-18-32(4)5)29-38(13-3)33(6)7/h18-25,27-30,33H,11-17,26H2,1-10H3/b21-19+,38-29-,42-20+,44-35+. The van der Waals surface area contributed by atoms with Crippen molar-refractivity contribution in [1.82, 2.24) is 0 Å². The van der Waals surface area contributed by atoms with Crippen LogP contribution in [0.2, 0.25) is 0 Å². The molecular formula is C46H59N. The van der Waals surface area contributed by atoms with E-state index < -0.39 is 0 Å². The molecule has 0 amide bonds. The number of nitriles is 1. The maximum Gasteiger partial charge on any atom is 0.0950 e. The van der Waals surface area contributed by atoms with Gasteiger partial charge in [-0.25, -0.2) is 0 Å². The number of hydrogen-bond acceptors (Lipinski definition) is 1. The molecule has 0 fully saturated rings. The molecule has 1 aliphatic rings. The fourth-order valence-corrected chi connectivity index (χ4v) is 6.39. The molecule has 0 aromatic heterocycles. The number of benzene rings is 2. The highest BCUT2D eigenvalue weighted by Crippen LogP contribution is 2.37. The average molecular weight is 626 g/mol. The van der Waals surface area contributed by atoms with E-state index in [1.54, 1.807) is 0 Å². The summed E-state index contributed by atoms with van der Waals surface area (Å²) in [7, 11) is 0. The smallest absolute Gasteiger partial charge is 0.0950 e. The quantitative estimate of drug-likeness (QED) is 0.151. The lowest BCUT2D eigenvalue weighted by molar-refractivity contribution is 0.733. The van der Waals surface area contributed by atoms with E-state index in [1.165, 1.54) is 92.5 Å². The summed E-state index contributed by atoms with van der Waals surface area (Å²) in [6.45, 7) is 22.2. The molecule has 0 bridgehead atoms. The Balaban J connectivity index is 2.24. The molecule has 248 valence electrons. The van der Waals surface area contributed by atoms with Gasteiger partial charge in [0.1, 0.15) is 0 Å². The molecule has 0 radical (unpaired) electrons. The van der Waals surface area contributed by atoms with Crippen LogP contribution < -0.4 is 0 Å². The Bertz CT molecular complexity index is 1640. The zero-order valence-electron chi connectivity index (χ0n) is 31.1. The number of aryl methyl sites for hydroxylation is 1. The summed E-state index contributed by atoms with van der Waals surface area (Å²) < 4.78 is 0. The highest BCUT2D eigenvalue weighted by atomic mass is 14.2. The summed E-state index contributed by atoms with van der Waals surface area (Å²) in [5.41, 5.74) is 18.0. The van der Waals surface area contributed by atoms with E-state index >= 15 is 0 Å². The maximum absolute atomic E-state index is 9.55. The van der Waals surface area contributed by atoms with Crippen molar-refractivity contribution < 1.29 is 0 Å². The molecule has 2 aromatic rings. The van der Waals surface area contributed by atoms with Gasteiger partial charge < -0.3 is 0 Å². The van der Waals surface area contributed by atoms with Crippen LogP contribution in [0.1, 0.15) is 129 Å². The number of unbranched alkanes of at least 4 members (excludes halogenated alkanes) is 2. The normalized spacial score (nSPS) is 15.1. The van der Waals surface area contributed by atoms with Gasteiger partial charge in [-0.05, 0) is 135 Å². The van der Waals surface area contributed by atoms with Crippen molar-refractivity contribution in [2.45, 2.75) is 121 Å². The molecule has 0 heterocycles. The molecule has 0 aliphatic heterocycles. The Kier molecular flexibility index (Phi) is 14.7. The second-order valence-corrected chi connectivity index (χ2v) is 13.9. The minimum absolute atomic E-state index is 0.521. The van der Waals surface area contributed by atoms with Crippen molar-refractivity contribution in [1.29, 1.82) is 5.26 Å². The second-order valence-electron chi connectivity index (χ2n) is 13.9. The number of nitrogens with zero attached hydrogens (tertiary/aromatic N) is 1. The number of rotatable bonds is 14. The topological polar surface area (TPSA) is 23.8 Å². The Morgan fingerprint density at radius 2 is 1.57 bits per heavy atom. The Hall–Kier alpha value is -3.89. The molecule has 1 nitrogen and oxygen atoms in total. The van der Waals surface area contributed by atoms with E-state index in [4.69, 9.17) is 0 Å². The van der Waals surface area contributed by atoms with Crippen LogP contribution in [0, 0.1) is 24.2 Å². The van der Waals surface area contributed by atoms with Crippen LogP contribution in [0.5, 0.6) is 0 Å². The van der Waals surface area contributed by atoms with Crippen LogP contribution in [0.3, 0.4) is 0 Å². The first-order chi connectivity index (χ1) is 22.5. The summed E-state index contributed by atoms with van der Waals surface area (Å²) in [5, 5.41) is 9.55. The highest BCUT2D eigenvalue weighted by Gasteiger charge is 2.17. The Labute approximate surface area is 287 Å². The van der Waals surface area contributed by atoms with Gasteiger partial charge in [0.25, 0.3) is 0 Å². The minimum Gasteiger partial charge on any atom is -0.193 e. The van der Waals surface area contributed by atoms with Crippen molar-refractivity contribution in [2.24, 2.45) is 5.92 Å². The van der Waals surface area contributed by atoms with E-state index in [0.29, 0.717) is 5.92 Å². The average Bonchev–Trinajstić information content (AvgIpc) is 3.05.